The molecular weight excluding hydrogens is 311 g/mol. The zero-order valence-electron chi connectivity index (χ0n) is 13.0. The van der Waals surface area contributed by atoms with E-state index in [1.54, 1.807) is 30.3 Å². The van der Waals surface area contributed by atoms with Crippen LogP contribution in [-0.2, 0) is 0 Å². The van der Waals surface area contributed by atoms with Crippen molar-refractivity contribution in [1.29, 1.82) is 0 Å². The van der Waals surface area contributed by atoms with Gasteiger partial charge in [0.05, 0.1) is 12.3 Å². The van der Waals surface area contributed by atoms with Crippen LogP contribution in [0.4, 0.5) is 10.1 Å². The Labute approximate surface area is 137 Å². The Morgan fingerprint density at radius 1 is 1.25 bits per heavy atom. The molecule has 0 radical (unpaired) electrons. The zero-order chi connectivity index (χ0) is 17.1. The van der Waals surface area contributed by atoms with E-state index in [9.17, 15) is 9.18 Å². The molecule has 0 atom stereocenters. The molecule has 0 saturated heterocycles. The molecule has 1 aromatic heterocycles. The van der Waals surface area contributed by atoms with Gasteiger partial charge in [-0.25, -0.2) is 9.38 Å². The van der Waals surface area contributed by atoms with Crippen molar-refractivity contribution in [3.63, 3.8) is 0 Å². The number of halogens is 1. The van der Waals surface area contributed by atoms with Gasteiger partial charge in [-0.3, -0.25) is 4.79 Å². The van der Waals surface area contributed by atoms with Crippen molar-refractivity contribution in [2.45, 2.75) is 6.92 Å². The standard InChI is InChI=1S/C18H15FN2O3/c1-2-23-15-8-3-5-11-9-14(17(20)22)18(24-16(11)15)21-13-7-4-6-12(19)10-13/h3-10H,2H2,1H3,(H2,20,22). The summed E-state index contributed by atoms with van der Waals surface area (Å²) in [6, 6.07) is 12.6. The number of benzene rings is 2. The zero-order valence-corrected chi connectivity index (χ0v) is 13.0. The number of ether oxygens (including phenoxy) is 1. The average molecular weight is 326 g/mol. The average Bonchev–Trinajstić information content (AvgIpc) is 2.55. The minimum atomic E-state index is -0.683. The maximum atomic E-state index is 13.3. The first-order chi connectivity index (χ1) is 11.6. The Balaban J connectivity index is 2.30. The number of rotatable bonds is 4. The number of hydrogen-bond donors (Lipinski definition) is 1. The first kappa shape index (κ1) is 15.7. The van der Waals surface area contributed by atoms with Gasteiger partial charge in [-0.2, -0.15) is 0 Å². The maximum Gasteiger partial charge on any atom is 0.254 e. The van der Waals surface area contributed by atoms with Gasteiger partial charge in [0.25, 0.3) is 5.91 Å². The third kappa shape index (κ3) is 3.12. The molecule has 0 fully saturated rings. The smallest absolute Gasteiger partial charge is 0.254 e. The Morgan fingerprint density at radius 2 is 2.04 bits per heavy atom. The lowest BCUT2D eigenvalue weighted by molar-refractivity contribution is 0.0996. The van der Waals surface area contributed by atoms with Gasteiger partial charge in [-0.15, -0.1) is 0 Å². The molecule has 6 heteroatoms. The van der Waals surface area contributed by atoms with Crippen molar-refractivity contribution in [3.05, 3.63) is 65.5 Å². The molecule has 1 heterocycles. The summed E-state index contributed by atoms with van der Waals surface area (Å²) in [4.78, 5) is 15.9. The van der Waals surface area contributed by atoms with Gasteiger partial charge in [-0.05, 0) is 37.3 Å². The largest absolute Gasteiger partial charge is 0.490 e. The Bertz CT molecular complexity index is 979. The molecule has 0 saturated carbocycles. The second-order valence-corrected chi connectivity index (χ2v) is 5.03. The molecule has 2 aromatic carbocycles. The van der Waals surface area contributed by atoms with Gasteiger partial charge in [0.1, 0.15) is 11.4 Å². The summed E-state index contributed by atoms with van der Waals surface area (Å²) in [7, 11) is 0. The summed E-state index contributed by atoms with van der Waals surface area (Å²) in [6.45, 7) is 2.32. The van der Waals surface area contributed by atoms with Crippen LogP contribution in [0.25, 0.3) is 11.0 Å². The molecule has 0 aliphatic carbocycles. The predicted octanol–water partition coefficient (Wildman–Crippen LogP) is 3.30. The minimum Gasteiger partial charge on any atom is -0.490 e. The van der Waals surface area contributed by atoms with E-state index < -0.39 is 11.7 Å². The van der Waals surface area contributed by atoms with E-state index in [0.717, 1.165) is 0 Å². The molecule has 0 bridgehead atoms. The predicted molar refractivity (Wildman–Crippen MR) is 87.5 cm³/mol. The van der Waals surface area contributed by atoms with Gasteiger partial charge in [-0.1, -0.05) is 18.2 Å². The van der Waals surface area contributed by atoms with E-state index in [1.165, 1.54) is 18.2 Å². The highest BCUT2D eigenvalue weighted by Gasteiger charge is 2.12. The quantitative estimate of drug-likeness (QED) is 0.799. The van der Waals surface area contributed by atoms with Crippen molar-refractivity contribution in [2.75, 3.05) is 6.61 Å². The van der Waals surface area contributed by atoms with E-state index in [0.29, 0.717) is 29.0 Å². The molecule has 122 valence electrons. The third-order valence-electron chi connectivity index (χ3n) is 3.34. The molecule has 5 nitrogen and oxygen atoms in total. The summed E-state index contributed by atoms with van der Waals surface area (Å²) in [5, 5.41) is 0.660. The first-order valence-corrected chi connectivity index (χ1v) is 7.38. The Hall–Kier alpha value is -3.15. The lowest BCUT2D eigenvalue weighted by atomic mass is 10.1. The molecule has 0 spiro atoms. The van der Waals surface area contributed by atoms with Crippen molar-refractivity contribution < 1.29 is 18.3 Å². The summed E-state index contributed by atoms with van der Waals surface area (Å²) in [5.74, 6) is -0.591. The normalized spacial score (nSPS) is 11.7. The Kier molecular flexibility index (Phi) is 4.29. The van der Waals surface area contributed by atoms with Crippen LogP contribution in [0.15, 0.2) is 57.9 Å². The molecule has 0 unspecified atom stereocenters. The number of hydrogen-bond acceptors (Lipinski definition) is 4. The highest BCUT2D eigenvalue weighted by atomic mass is 19.1. The molecule has 3 aromatic rings. The summed E-state index contributed by atoms with van der Waals surface area (Å²) in [6.07, 6.45) is 0. The van der Waals surface area contributed by atoms with Crippen LogP contribution >= 0.6 is 0 Å². The van der Waals surface area contributed by atoms with Crippen LogP contribution in [0.3, 0.4) is 0 Å². The van der Waals surface area contributed by atoms with Crippen LogP contribution in [0, 0.1) is 5.82 Å². The Morgan fingerprint density at radius 3 is 2.75 bits per heavy atom. The summed E-state index contributed by atoms with van der Waals surface area (Å²) < 4.78 is 24.6. The second kappa shape index (κ2) is 6.54. The first-order valence-electron chi connectivity index (χ1n) is 7.38. The molecule has 24 heavy (non-hydrogen) atoms. The van der Waals surface area contributed by atoms with Crippen LogP contribution in [0.2, 0.25) is 0 Å². The maximum absolute atomic E-state index is 13.3. The van der Waals surface area contributed by atoms with E-state index in [2.05, 4.69) is 4.99 Å². The van der Waals surface area contributed by atoms with Gasteiger partial charge in [0.2, 0.25) is 5.55 Å². The van der Waals surface area contributed by atoms with E-state index in [4.69, 9.17) is 14.9 Å². The minimum absolute atomic E-state index is 0.00718. The number of carbonyl (C=O) groups is 1. The molecular formula is C18H15FN2O3. The van der Waals surface area contributed by atoms with E-state index in [-0.39, 0.29) is 11.1 Å². The lowest BCUT2D eigenvalue weighted by Crippen LogP contribution is -2.21. The summed E-state index contributed by atoms with van der Waals surface area (Å²) >= 11 is 0. The van der Waals surface area contributed by atoms with Gasteiger partial charge in [0.15, 0.2) is 11.3 Å². The van der Waals surface area contributed by atoms with Crippen molar-refractivity contribution in [3.8, 4) is 5.75 Å². The number of nitrogens with zero attached hydrogens (tertiary/aromatic N) is 1. The van der Waals surface area contributed by atoms with Crippen molar-refractivity contribution in [2.24, 2.45) is 10.7 Å². The van der Waals surface area contributed by atoms with Crippen LogP contribution < -0.4 is 16.0 Å². The topological polar surface area (TPSA) is 77.8 Å². The van der Waals surface area contributed by atoms with Gasteiger partial charge >= 0.3 is 0 Å². The number of nitrogens with two attached hydrogens (primary N) is 1. The van der Waals surface area contributed by atoms with Crippen LogP contribution in [0.1, 0.15) is 17.3 Å². The molecule has 1 amide bonds. The number of primary amides is 1. The monoisotopic (exact) mass is 326 g/mol. The highest BCUT2D eigenvalue weighted by Crippen LogP contribution is 2.25. The SMILES string of the molecule is CCOc1cccc2cc(C(N)=O)c(=Nc3cccc(F)c3)oc12. The van der Waals surface area contributed by atoms with Crippen LogP contribution in [-0.4, -0.2) is 12.5 Å². The molecule has 0 aliphatic heterocycles. The number of para-hydroxylation sites is 1. The molecule has 3 rings (SSSR count). The van der Waals surface area contributed by atoms with Crippen molar-refractivity contribution >= 4 is 22.6 Å². The van der Waals surface area contributed by atoms with Crippen LogP contribution in [0.5, 0.6) is 5.75 Å². The summed E-state index contributed by atoms with van der Waals surface area (Å²) in [5.41, 5.74) is 6.30. The van der Waals surface area contributed by atoms with Gasteiger partial charge < -0.3 is 14.9 Å². The van der Waals surface area contributed by atoms with E-state index >= 15 is 0 Å². The van der Waals surface area contributed by atoms with Gasteiger partial charge in [0, 0.05) is 5.39 Å². The molecule has 0 aliphatic rings. The lowest BCUT2D eigenvalue weighted by Gasteiger charge is -2.07. The number of carbonyl (C=O) groups excluding carboxylic acids is 1. The second-order valence-electron chi connectivity index (χ2n) is 5.03. The van der Waals surface area contributed by atoms with Crippen molar-refractivity contribution in [1.82, 2.24) is 0 Å². The van der Waals surface area contributed by atoms with E-state index in [1.807, 2.05) is 6.92 Å². The fourth-order valence-corrected chi connectivity index (χ4v) is 2.32. The molecule has 2 N–H and O–H groups in total. The highest BCUT2D eigenvalue weighted by molar-refractivity contribution is 5.96. The number of amides is 1. The third-order valence-corrected chi connectivity index (χ3v) is 3.34. The number of fused-ring (bicyclic) bond motifs is 1. The fraction of sp³-hybridized carbons (Fsp3) is 0.111. The fourth-order valence-electron chi connectivity index (χ4n) is 2.32.